The summed E-state index contributed by atoms with van der Waals surface area (Å²) in [6.45, 7) is 2.37. The number of benzene rings is 2. The fraction of sp³-hybridized carbons (Fsp3) is 0.316. The molecule has 2 rings (SSSR count). The van der Waals surface area contributed by atoms with Gasteiger partial charge in [-0.15, -0.1) is 0 Å². The average molecular weight is 329 g/mol. The molecule has 5 heteroatoms. The van der Waals surface area contributed by atoms with E-state index in [0.29, 0.717) is 18.7 Å². The standard InChI is InChI=1S/C19H23NO4/c1-4-18(24-17-11-9-16(23-3)10-12-17)19(21)20-13-14-5-7-15(22-2)8-6-14/h5-12,18H,4,13H2,1-3H3,(H,20,21)/t18-/m0/s1. The highest BCUT2D eigenvalue weighted by molar-refractivity contribution is 5.81. The summed E-state index contributed by atoms with van der Waals surface area (Å²) in [4.78, 5) is 12.3. The number of ether oxygens (including phenoxy) is 3. The van der Waals surface area contributed by atoms with Crippen molar-refractivity contribution in [1.29, 1.82) is 0 Å². The van der Waals surface area contributed by atoms with Crippen molar-refractivity contribution in [3.05, 3.63) is 54.1 Å². The molecule has 1 atom stereocenters. The van der Waals surface area contributed by atoms with Crippen molar-refractivity contribution < 1.29 is 19.0 Å². The van der Waals surface area contributed by atoms with Crippen LogP contribution in [0, 0.1) is 0 Å². The predicted molar refractivity (Wildman–Crippen MR) is 92.5 cm³/mol. The lowest BCUT2D eigenvalue weighted by atomic mass is 10.2. The Morgan fingerprint density at radius 1 is 0.917 bits per heavy atom. The van der Waals surface area contributed by atoms with Crippen molar-refractivity contribution in [2.24, 2.45) is 0 Å². The zero-order chi connectivity index (χ0) is 17.4. The van der Waals surface area contributed by atoms with E-state index >= 15 is 0 Å². The predicted octanol–water partition coefficient (Wildman–Crippen LogP) is 3.18. The van der Waals surface area contributed by atoms with Crippen molar-refractivity contribution in [3.8, 4) is 17.2 Å². The maximum atomic E-state index is 12.3. The zero-order valence-electron chi connectivity index (χ0n) is 14.2. The highest BCUT2D eigenvalue weighted by atomic mass is 16.5. The molecule has 0 aliphatic rings. The summed E-state index contributed by atoms with van der Waals surface area (Å²) in [5, 5.41) is 2.90. The lowest BCUT2D eigenvalue weighted by Crippen LogP contribution is -2.37. The Morgan fingerprint density at radius 2 is 1.42 bits per heavy atom. The molecular weight excluding hydrogens is 306 g/mol. The molecule has 24 heavy (non-hydrogen) atoms. The SMILES string of the molecule is CC[C@H](Oc1ccc(OC)cc1)C(=O)NCc1ccc(OC)cc1. The van der Waals surface area contributed by atoms with Gasteiger partial charge in [0.2, 0.25) is 0 Å². The molecule has 2 aromatic rings. The van der Waals surface area contributed by atoms with E-state index in [4.69, 9.17) is 14.2 Å². The number of carbonyl (C=O) groups is 1. The monoisotopic (exact) mass is 329 g/mol. The summed E-state index contributed by atoms with van der Waals surface area (Å²) in [6.07, 6.45) is 0.0529. The molecule has 0 aliphatic carbocycles. The lowest BCUT2D eigenvalue weighted by molar-refractivity contribution is -0.128. The summed E-state index contributed by atoms with van der Waals surface area (Å²) in [5.74, 6) is 2.05. The summed E-state index contributed by atoms with van der Waals surface area (Å²) < 4.78 is 16.0. The molecule has 0 bridgehead atoms. The van der Waals surface area contributed by atoms with Gasteiger partial charge in [0.05, 0.1) is 14.2 Å². The van der Waals surface area contributed by atoms with Crippen LogP contribution >= 0.6 is 0 Å². The molecule has 0 saturated carbocycles. The quantitative estimate of drug-likeness (QED) is 0.808. The second kappa shape index (κ2) is 8.82. The number of rotatable bonds is 8. The number of methoxy groups -OCH3 is 2. The van der Waals surface area contributed by atoms with Crippen molar-refractivity contribution in [1.82, 2.24) is 5.32 Å². The number of carbonyl (C=O) groups excluding carboxylic acids is 1. The third-order valence-electron chi connectivity index (χ3n) is 3.63. The molecule has 0 spiro atoms. The molecule has 0 saturated heterocycles. The molecule has 0 heterocycles. The molecule has 1 amide bonds. The smallest absolute Gasteiger partial charge is 0.261 e. The van der Waals surface area contributed by atoms with E-state index in [9.17, 15) is 4.79 Å². The van der Waals surface area contributed by atoms with Gasteiger partial charge in [0.25, 0.3) is 5.91 Å². The Morgan fingerprint density at radius 3 is 1.92 bits per heavy atom. The van der Waals surface area contributed by atoms with Crippen LogP contribution in [0.3, 0.4) is 0 Å². The van der Waals surface area contributed by atoms with Gasteiger partial charge in [-0.2, -0.15) is 0 Å². The minimum Gasteiger partial charge on any atom is -0.497 e. The van der Waals surface area contributed by atoms with Gasteiger partial charge in [-0.1, -0.05) is 19.1 Å². The molecule has 128 valence electrons. The summed E-state index contributed by atoms with van der Waals surface area (Å²) in [7, 11) is 3.23. The van der Waals surface area contributed by atoms with Gasteiger partial charge in [0.1, 0.15) is 17.2 Å². The van der Waals surface area contributed by atoms with Gasteiger partial charge >= 0.3 is 0 Å². The number of amides is 1. The van der Waals surface area contributed by atoms with Gasteiger partial charge in [-0.05, 0) is 48.4 Å². The fourth-order valence-electron chi connectivity index (χ4n) is 2.19. The van der Waals surface area contributed by atoms with Gasteiger partial charge in [0.15, 0.2) is 6.10 Å². The number of hydrogen-bond acceptors (Lipinski definition) is 4. The Hall–Kier alpha value is -2.69. The van der Waals surface area contributed by atoms with E-state index in [2.05, 4.69) is 5.32 Å². The van der Waals surface area contributed by atoms with Crippen LogP contribution in [0.5, 0.6) is 17.2 Å². The summed E-state index contributed by atoms with van der Waals surface area (Å²) in [6, 6.07) is 14.8. The topological polar surface area (TPSA) is 56.8 Å². The Bertz CT molecular complexity index is 637. The van der Waals surface area contributed by atoms with E-state index in [0.717, 1.165) is 17.1 Å². The molecule has 5 nitrogen and oxygen atoms in total. The van der Waals surface area contributed by atoms with Crippen LogP contribution in [0.25, 0.3) is 0 Å². The van der Waals surface area contributed by atoms with Crippen molar-refractivity contribution >= 4 is 5.91 Å². The first-order chi connectivity index (χ1) is 11.7. The average Bonchev–Trinajstić information content (AvgIpc) is 2.65. The first-order valence-corrected chi connectivity index (χ1v) is 7.87. The second-order valence-corrected chi connectivity index (χ2v) is 5.26. The third-order valence-corrected chi connectivity index (χ3v) is 3.63. The van der Waals surface area contributed by atoms with Gasteiger partial charge in [-0.3, -0.25) is 4.79 Å². The minimum absolute atomic E-state index is 0.135. The van der Waals surface area contributed by atoms with E-state index in [1.165, 1.54) is 0 Å². The summed E-state index contributed by atoms with van der Waals surface area (Å²) >= 11 is 0. The molecule has 0 unspecified atom stereocenters. The first kappa shape index (κ1) is 17.7. The van der Waals surface area contributed by atoms with Crippen LogP contribution in [-0.2, 0) is 11.3 Å². The third kappa shape index (κ3) is 4.91. The van der Waals surface area contributed by atoms with E-state index in [-0.39, 0.29) is 5.91 Å². The van der Waals surface area contributed by atoms with Gasteiger partial charge < -0.3 is 19.5 Å². The van der Waals surface area contributed by atoms with Gasteiger partial charge in [-0.25, -0.2) is 0 Å². The second-order valence-electron chi connectivity index (χ2n) is 5.26. The molecule has 0 aliphatic heterocycles. The van der Waals surface area contributed by atoms with E-state index < -0.39 is 6.10 Å². The van der Waals surface area contributed by atoms with E-state index in [1.54, 1.807) is 38.5 Å². The molecule has 0 fully saturated rings. The summed E-state index contributed by atoms with van der Waals surface area (Å²) in [5.41, 5.74) is 1.00. The van der Waals surface area contributed by atoms with Crippen LogP contribution in [0.4, 0.5) is 0 Å². The van der Waals surface area contributed by atoms with Crippen molar-refractivity contribution in [3.63, 3.8) is 0 Å². The number of nitrogens with one attached hydrogen (secondary N) is 1. The molecule has 1 N–H and O–H groups in total. The van der Waals surface area contributed by atoms with Gasteiger partial charge in [0, 0.05) is 6.54 Å². The largest absolute Gasteiger partial charge is 0.497 e. The first-order valence-electron chi connectivity index (χ1n) is 7.87. The van der Waals surface area contributed by atoms with Crippen LogP contribution in [0.1, 0.15) is 18.9 Å². The van der Waals surface area contributed by atoms with Crippen LogP contribution in [0.15, 0.2) is 48.5 Å². The molecular formula is C19H23NO4. The van der Waals surface area contributed by atoms with Crippen LogP contribution < -0.4 is 19.5 Å². The maximum Gasteiger partial charge on any atom is 0.261 e. The van der Waals surface area contributed by atoms with Crippen LogP contribution in [0.2, 0.25) is 0 Å². The molecule has 2 aromatic carbocycles. The van der Waals surface area contributed by atoms with Crippen LogP contribution in [-0.4, -0.2) is 26.2 Å². The Balaban J connectivity index is 1.89. The minimum atomic E-state index is -0.531. The normalized spacial score (nSPS) is 11.5. The fourth-order valence-corrected chi connectivity index (χ4v) is 2.19. The molecule has 0 aromatic heterocycles. The van der Waals surface area contributed by atoms with Crippen molar-refractivity contribution in [2.45, 2.75) is 26.0 Å². The highest BCUT2D eigenvalue weighted by Gasteiger charge is 2.18. The number of hydrogen-bond donors (Lipinski definition) is 1. The Kier molecular flexibility index (Phi) is 6.49. The lowest BCUT2D eigenvalue weighted by Gasteiger charge is -2.17. The zero-order valence-corrected chi connectivity index (χ0v) is 14.2. The Labute approximate surface area is 142 Å². The molecule has 0 radical (unpaired) electrons. The maximum absolute atomic E-state index is 12.3. The highest BCUT2D eigenvalue weighted by Crippen LogP contribution is 2.19. The van der Waals surface area contributed by atoms with Crippen molar-refractivity contribution in [2.75, 3.05) is 14.2 Å². The van der Waals surface area contributed by atoms with E-state index in [1.807, 2.05) is 31.2 Å².